The first kappa shape index (κ1) is 14.2. The molecule has 1 aromatic carbocycles. The lowest BCUT2D eigenvalue weighted by atomic mass is 9.97. The van der Waals surface area contributed by atoms with Gasteiger partial charge in [0.25, 0.3) is 0 Å². The first-order valence-electron chi connectivity index (χ1n) is 7.56. The molecule has 2 fully saturated rings. The second kappa shape index (κ2) is 6.33. The van der Waals surface area contributed by atoms with Crippen LogP contribution in [0.3, 0.4) is 0 Å². The Hall–Kier alpha value is -0.770. The van der Waals surface area contributed by atoms with Crippen LogP contribution in [0.15, 0.2) is 18.2 Å². The minimum atomic E-state index is 0.648. The Labute approximate surface area is 126 Å². The molecule has 0 saturated carbocycles. The molecule has 20 heavy (non-hydrogen) atoms. The summed E-state index contributed by atoms with van der Waals surface area (Å²) in [6.45, 7) is 3.46. The van der Waals surface area contributed by atoms with Crippen LogP contribution in [0.5, 0.6) is 5.75 Å². The van der Waals surface area contributed by atoms with Crippen molar-refractivity contribution in [2.24, 2.45) is 0 Å². The topological polar surface area (TPSA) is 24.5 Å². The van der Waals surface area contributed by atoms with E-state index in [1.165, 1.54) is 44.3 Å². The van der Waals surface area contributed by atoms with Gasteiger partial charge < -0.3 is 15.0 Å². The minimum absolute atomic E-state index is 0.648. The van der Waals surface area contributed by atoms with Gasteiger partial charge in [0, 0.05) is 18.6 Å². The number of hydrogen-bond donors (Lipinski definition) is 1. The van der Waals surface area contributed by atoms with Gasteiger partial charge in [0.15, 0.2) is 0 Å². The van der Waals surface area contributed by atoms with E-state index in [1.54, 1.807) is 7.11 Å². The summed E-state index contributed by atoms with van der Waals surface area (Å²) in [6, 6.07) is 7.50. The van der Waals surface area contributed by atoms with Crippen LogP contribution < -0.4 is 10.1 Å². The fraction of sp³-hybridized carbons (Fsp3) is 0.625. The van der Waals surface area contributed by atoms with E-state index in [1.807, 2.05) is 12.1 Å². The number of halogens is 1. The summed E-state index contributed by atoms with van der Waals surface area (Å²) in [5.74, 6) is 0.745. The highest BCUT2D eigenvalue weighted by atomic mass is 35.5. The van der Waals surface area contributed by atoms with E-state index in [4.69, 9.17) is 16.3 Å². The molecule has 110 valence electrons. The maximum Gasteiger partial charge on any atom is 0.137 e. The Kier molecular flexibility index (Phi) is 4.49. The van der Waals surface area contributed by atoms with Crippen LogP contribution in [0.1, 0.15) is 31.2 Å². The van der Waals surface area contributed by atoms with Crippen molar-refractivity contribution >= 4 is 11.6 Å². The van der Waals surface area contributed by atoms with Crippen LogP contribution in [-0.2, 0) is 6.54 Å². The van der Waals surface area contributed by atoms with Crippen molar-refractivity contribution in [2.75, 3.05) is 20.2 Å². The van der Waals surface area contributed by atoms with Gasteiger partial charge in [-0.1, -0.05) is 17.7 Å². The Morgan fingerprint density at radius 1 is 1.35 bits per heavy atom. The number of methoxy groups -OCH3 is 1. The SMILES string of the molecule is COc1ccc(CNC2CCN3CCCC3C2)cc1Cl. The Balaban J connectivity index is 1.53. The molecule has 2 aliphatic rings. The van der Waals surface area contributed by atoms with Crippen LogP contribution in [0, 0.1) is 0 Å². The molecule has 0 amide bonds. The summed E-state index contributed by atoms with van der Waals surface area (Å²) in [6.07, 6.45) is 5.32. The van der Waals surface area contributed by atoms with Crippen LogP contribution in [0.4, 0.5) is 0 Å². The van der Waals surface area contributed by atoms with Crippen LogP contribution in [0.25, 0.3) is 0 Å². The van der Waals surface area contributed by atoms with Gasteiger partial charge in [0.05, 0.1) is 12.1 Å². The fourth-order valence-electron chi connectivity index (χ4n) is 3.49. The van der Waals surface area contributed by atoms with Crippen molar-refractivity contribution in [3.8, 4) is 5.75 Å². The number of piperidine rings is 1. The number of hydrogen-bond acceptors (Lipinski definition) is 3. The van der Waals surface area contributed by atoms with Crippen molar-refractivity contribution in [3.63, 3.8) is 0 Å². The number of nitrogens with zero attached hydrogens (tertiary/aromatic N) is 1. The quantitative estimate of drug-likeness (QED) is 0.924. The van der Waals surface area contributed by atoms with E-state index in [0.717, 1.165) is 18.3 Å². The Morgan fingerprint density at radius 3 is 3.05 bits per heavy atom. The maximum absolute atomic E-state index is 6.16. The molecular formula is C16H23ClN2O. The van der Waals surface area contributed by atoms with Gasteiger partial charge in [-0.3, -0.25) is 0 Å². The predicted octanol–water partition coefficient (Wildman–Crippen LogP) is 3.07. The molecule has 3 rings (SSSR count). The molecule has 0 aliphatic carbocycles. The molecule has 3 nitrogen and oxygen atoms in total. The van der Waals surface area contributed by atoms with E-state index < -0.39 is 0 Å². The summed E-state index contributed by atoms with van der Waals surface area (Å²) in [7, 11) is 1.65. The predicted molar refractivity (Wildman–Crippen MR) is 82.5 cm³/mol. The molecular weight excluding hydrogens is 272 g/mol. The molecule has 2 atom stereocenters. The second-order valence-corrected chi connectivity index (χ2v) is 6.31. The van der Waals surface area contributed by atoms with Gasteiger partial charge in [-0.25, -0.2) is 0 Å². The highest BCUT2D eigenvalue weighted by Gasteiger charge is 2.31. The average molecular weight is 295 g/mol. The molecule has 1 aromatic rings. The fourth-order valence-corrected chi connectivity index (χ4v) is 3.77. The Bertz CT molecular complexity index is 466. The van der Waals surface area contributed by atoms with Crippen molar-refractivity contribution in [1.29, 1.82) is 0 Å². The molecule has 0 aromatic heterocycles. The van der Waals surface area contributed by atoms with Gasteiger partial charge in [0.1, 0.15) is 5.75 Å². The van der Waals surface area contributed by atoms with Crippen LogP contribution in [-0.4, -0.2) is 37.2 Å². The van der Waals surface area contributed by atoms with E-state index in [2.05, 4.69) is 16.3 Å². The smallest absolute Gasteiger partial charge is 0.137 e. The van der Waals surface area contributed by atoms with Gasteiger partial charge >= 0.3 is 0 Å². The number of rotatable bonds is 4. The zero-order chi connectivity index (χ0) is 13.9. The van der Waals surface area contributed by atoms with Crippen molar-refractivity contribution in [3.05, 3.63) is 28.8 Å². The molecule has 0 bridgehead atoms. The van der Waals surface area contributed by atoms with Crippen molar-refractivity contribution < 1.29 is 4.74 Å². The molecule has 2 heterocycles. The molecule has 1 N–H and O–H groups in total. The maximum atomic E-state index is 6.16. The van der Waals surface area contributed by atoms with Gasteiger partial charge in [-0.15, -0.1) is 0 Å². The van der Waals surface area contributed by atoms with Crippen molar-refractivity contribution in [2.45, 2.75) is 44.3 Å². The number of fused-ring (bicyclic) bond motifs is 1. The lowest BCUT2D eigenvalue weighted by molar-refractivity contribution is 0.166. The summed E-state index contributed by atoms with van der Waals surface area (Å²) in [5, 5.41) is 4.38. The third-order valence-corrected chi connectivity index (χ3v) is 4.93. The number of nitrogens with one attached hydrogen (secondary N) is 1. The van der Waals surface area contributed by atoms with Crippen LogP contribution >= 0.6 is 11.6 Å². The zero-order valence-electron chi connectivity index (χ0n) is 12.1. The highest BCUT2D eigenvalue weighted by Crippen LogP contribution is 2.28. The highest BCUT2D eigenvalue weighted by molar-refractivity contribution is 6.32. The van der Waals surface area contributed by atoms with E-state index in [9.17, 15) is 0 Å². The zero-order valence-corrected chi connectivity index (χ0v) is 12.8. The standard InChI is InChI=1S/C16H23ClN2O/c1-20-16-5-4-12(9-15(16)17)11-18-13-6-8-19-7-2-3-14(19)10-13/h4-5,9,13-14,18H,2-3,6-8,10-11H2,1H3. The van der Waals surface area contributed by atoms with Gasteiger partial charge in [-0.05, 0) is 56.5 Å². The lowest BCUT2D eigenvalue weighted by Crippen LogP contribution is -2.45. The van der Waals surface area contributed by atoms with Crippen LogP contribution in [0.2, 0.25) is 5.02 Å². The summed E-state index contributed by atoms with van der Waals surface area (Å²) < 4.78 is 5.18. The number of ether oxygens (including phenoxy) is 1. The first-order valence-corrected chi connectivity index (χ1v) is 7.94. The molecule has 2 unspecified atom stereocenters. The first-order chi connectivity index (χ1) is 9.76. The van der Waals surface area contributed by atoms with Gasteiger partial charge in [0.2, 0.25) is 0 Å². The molecule has 0 spiro atoms. The lowest BCUT2D eigenvalue weighted by Gasteiger charge is -2.35. The second-order valence-electron chi connectivity index (χ2n) is 5.90. The Morgan fingerprint density at radius 2 is 2.25 bits per heavy atom. The molecule has 2 saturated heterocycles. The van der Waals surface area contributed by atoms with E-state index in [-0.39, 0.29) is 0 Å². The molecule has 0 radical (unpaired) electrons. The monoisotopic (exact) mass is 294 g/mol. The van der Waals surface area contributed by atoms with Crippen molar-refractivity contribution in [1.82, 2.24) is 10.2 Å². The normalized spacial score (nSPS) is 26.5. The van der Waals surface area contributed by atoms with Gasteiger partial charge in [-0.2, -0.15) is 0 Å². The molecule has 4 heteroatoms. The largest absolute Gasteiger partial charge is 0.495 e. The molecule has 2 aliphatic heterocycles. The summed E-state index contributed by atoms with van der Waals surface area (Å²) in [4.78, 5) is 2.66. The average Bonchev–Trinajstić information content (AvgIpc) is 2.92. The van der Waals surface area contributed by atoms with E-state index >= 15 is 0 Å². The summed E-state index contributed by atoms with van der Waals surface area (Å²) >= 11 is 6.16. The third kappa shape index (κ3) is 3.11. The summed E-state index contributed by atoms with van der Waals surface area (Å²) in [5.41, 5.74) is 1.23. The van der Waals surface area contributed by atoms with E-state index in [0.29, 0.717) is 11.1 Å². The number of benzene rings is 1. The third-order valence-electron chi connectivity index (χ3n) is 4.63. The minimum Gasteiger partial charge on any atom is -0.495 e.